The summed E-state index contributed by atoms with van der Waals surface area (Å²) in [4.78, 5) is 26.0. The number of ether oxygens (including phenoxy) is 1. The fourth-order valence-corrected chi connectivity index (χ4v) is 2.52. The van der Waals surface area contributed by atoms with Crippen LogP contribution in [0.15, 0.2) is 54.6 Å². The second-order valence-corrected chi connectivity index (χ2v) is 5.87. The monoisotopic (exact) mass is 340 g/mol. The summed E-state index contributed by atoms with van der Waals surface area (Å²) in [5, 5.41) is 2.88. The third-order valence-corrected chi connectivity index (χ3v) is 4.07. The molecule has 0 spiro atoms. The van der Waals surface area contributed by atoms with E-state index in [9.17, 15) is 9.59 Å². The largest absolute Gasteiger partial charge is 0.497 e. The van der Waals surface area contributed by atoms with Crippen LogP contribution in [0.2, 0.25) is 0 Å². The fourth-order valence-electron chi connectivity index (χ4n) is 2.52. The molecule has 5 nitrogen and oxygen atoms in total. The van der Waals surface area contributed by atoms with E-state index in [1.165, 1.54) is 6.92 Å². The molecule has 2 rings (SSSR count). The van der Waals surface area contributed by atoms with Crippen LogP contribution < -0.4 is 10.1 Å². The molecule has 0 aromatic heterocycles. The van der Waals surface area contributed by atoms with Crippen molar-refractivity contribution in [3.05, 3.63) is 65.7 Å². The third kappa shape index (κ3) is 5.35. The summed E-state index contributed by atoms with van der Waals surface area (Å²) in [5.41, 5.74) is 1.96. The minimum atomic E-state index is -0.545. The van der Waals surface area contributed by atoms with Crippen molar-refractivity contribution >= 4 is 11.8 Å². The van der Waals surface area contributed by atoms with Gasteiger partial charge in [-0.3, -0.25) is 9.59 Å². The Balaban J connectivity index is 1.96. The number of nitrogens with one attached hydrogen (secondary N) is 1. The van der Waals surface area contributed by atoms with Gasteiger partial charge in [0.25, 0.3) is 0 Å². The lowest BCUT2D eigenvalue weighted by Crippen LogP contribution is -2.46. The van der Waals surface area contributed by atoms with Crippen molar-refractivity contribution in [2.24, 2.45) is 0 Å². The molecule has 25 heavy (non-hydrogen) atoms. The highest BCUT2D eigenvalue weighted by atomic mass is 16.5. The van der Waals surface area contributed by atoms with Gasteiger partial charge >= 0.3 is 0 Å². The zero-order valence-electron chi connectivity index (χ0n) is 14.9. The summed E-state index contributed by atoms with van der Waals surface area (Å²) in [6.45, 7) is 4.04. The van der Waals surface area contributed by atoms with E-state index < -0.39 is 6.04 Å². The molecule has 0 aliphatic heterocycles. The molecule has 1 atom stereocenters. The second-order valence-electron chi connectivity index (χ2n) is 5.87. The van der Waals surface area contributed by atoms with Crippen LogP contribution in [0.3, 0.4) is 0 Å². The Labute approximate surface area is 148 Å². The molecule has 2 amide bonds. The number of rotatable bonds is 7. The zero-order valence-corrected chi connectivity index (χ0v) is 14.9. The number of methoxy groups -OCH3 is 1. The minimum Gasteiger partial charge on any atom is -0.497 e. The average molecular weight is 340 g/mol. The van der Waals surface area contributed by atoms with Gasteiger partial charge in [0.05, 0.1) is 7.11 Å². The van der Waals surface area contributed by atoms with E-state index in [4.69, 9.17) is 4.74 Å². The summed E-state index contributed by atoms with van der Waals surface area (Å²) >= 11 is 0. The third-order valence-electron chi connectivity index (χ3n) is 4.07. The van der Waals surface area contributed by atoms with E-state index in [0.717, 1.165) is 16.9 Å². The number of hydrogen-bond donors (Lipinski definition) is 1. The molecule has 2 aromatic carbocycles. The number of carbonyl (C=O) groups is 2. The van der Waals surface area contributed by atoms with Crippen molar-refractivity contribution in [2.75, 3.05) is 7.11 Å². The maximum absolute atomic E-state index is 12.4. The van der Waals surface area contributed by atoms with Gasteiger partial charge < -0.3 is 15.0 Å². The van der Waals surface area contributed by atoms with Crippen LogP contribution in [0.5, 0.6) is 5.75 Å². The molecule has 5 heteroatoms. The molecule has 0 heterocycles. The molecule has 1 N–H and O–H groups in total. The predicted molar refractivity (Wildman–Crippen MR) is 97.0 cm³/mol. The Morgan fingerprint density at radius 1 is 1.04 bits per heavy atom. The van der Waals surface area contributed by atoms with Crippen LogP contribution in [0.4, 0.5) is 0 Å². The number of carbonyl (C=O) groups excluding carboxylic acids is 2. The summed E-state index contributed by atoms with van der Waals surface area (Å²) in [5.74, 6) is 0.465. The first-order valence-electron chi connectivity index (χ1n) is 8.23. The highest BCUT2D eigenvalue weighted by Crippen LogP contribution is 2.12. The van der Waals surface area contributed by atoms with Crippen LogP contribution in [0.25, 0.3) is 0 Å². The first-order valence-corrected chi connectivity index (χ1v) is 8.23. The van der Waals surface area contributed by atoms with Gasteiger partial charge in [0, 0.05) is 20.0 Å². The highest BCUT2D eigenvalue weighted by Gasteiger charge is 2.23. The molecule has 1 unspecified atom stereocenters. The van der Waals surface area contributed by atoms with Gasteiger partial charge in [0.1, 0.15) is 11.8 Å². The fraction of sp³-hybridized carbons (Fsp3) is 0.300. The molecule has 0 bridgehead atoms. The standard InChI is InChI=1S/C20H24N2O3/c1-15(22(16(2)23)14-18-7-5-4-6-8-18)20(24)21-13-17-9-11-19(25-3)12-10-17/h4-12,15H,13-14H2,1-3H3,(H,21,24). The average Bonchev–Trinajstić information content (AvgIpc) is 2.64. The lowest BCUT2D eigenvalue weighted by atomic mass is 10.1. The minimum absolute atomic E-state index is 0.129. The van der Waals surface area contributed by atoms with Crippen LogP contribution in [-0.2, 0) is 22.7 Å². The molecule has 132 valence electrons. The van der Waals surface area contributed by atoms with E-state index in [1.54, 1.807) is 18.9 Å². The van der Waals surface area contributed by atoms with E-state index in [0.29, 0.717) is 13.1 Å². The molecule has 2 aromatic rings. The Morgan fingerprint density at radius 2 is 1.68 bits per heavy atom. The maximum Gasteiger partial charge on any atom is 0.242 e. The second kappa shape index (κ2) is 8.87. The van der Waals surface area contributed by atoms with Gasteiger partial charge in [-0.25, -0.2) is 0 Å². The van der Waals surface area contributed by atoms with Gasteiger partial charge in [-0.15, -0.1) is 0 Å². The normalized spacial score (nSPS) is 11.5. The lowest BCUT2D eigenvalue weighted by molar-refractivity contribution is -0.139. The quantitative estimate of drug-likeness (QED) is 0.843. The van der Waals surface area contributed by atoms with E-state index in [1.807, 2.05) is 54.6 Å². The molecule has 0 aliphatic rings. The number of benzene rings is 2. The molecular weight excluding hydrogens is 316 g/mol. The Kier molecular flexibility index (Phi) is 6.57. The molecular formula is C20H24N2O3. The van der Waals surface area contributed by atoms with E-state index in [-0.39, 0.29) is 11.8 Å². The number of amides is 2. The lowest BCUT2D eigenvalue weighted by Gasteiger charge is -2.27. The van der Waals surface area contributed by atoms with Gasteiger partial charge in [-0.1, -0.05) is 42.5 Å². The van der Waals surface area contributed by atoms with Gasteiger partial charge in [0.15, 0.2) is 0 Å². The van der Waals surface area contributed by atoms with Crippen LogP contribution in [0, 0.1) is 0 Å². The van der Waals surface area contributed by atoms with E-state index >= 15 is 0 Å². The SMILES string of the molecule is COc1ccc(CNC(=O)C(C)N(Cc2ccccc2)C(C)=O)cc1. The first kappa shape index (κ1) is 18.5. The summed E-state index contributed by atoms with van der Waals surface area (Å²) in [6, 6.07) is 16.6. The summed E-state index contributed by atoms with van der Waals surface area (Å²) in [7, 11) is 1.61. The molecule has 0 radical (unpaired) electrons. The van der Waals surface area contributed by atoms with Crippen molar-refractivity contribution in [3.63, 3.8) is 0 Å². The van der Waals surface area contributed by atoms with Gasteiger partial charge in [0.2, 0.25) is 11.8 Å². The van der Waals surface area contributed by atoms with Crippen LogP contribution >= 0.6 is 0 Å². The van der Waals surface area contributed by atoms with Crippen LogP contribution in [0.1, 0.15) is 25.0 Å². The van der Waals surface area contributed by atoms with Crippen molar-refractivity contribution < 1.29 is 14.3 Å². The summed E-state index contributed by atoms with van der Waals surface area (Å²) < 4.78 is 5.12. The van der Waals surface area contributed by atoms with E-state index in [2.05, 4.69) is 5.32 Å². The Morgan fingerprint density at radius 3 is 2.24 bits per heavy atom. The number of hydrogen-bond acceptors (Lipinski definition) is 3. The summed E-state index contributed by atoms with van der Waals surface area (Å²) in [6.07, 6.45) is 0. The number of nitrogens with zero attached hydrogens (tertiary/aromatic N) is 1. The molecule has 0 saturated carbocycles. The molecule has 0 aliphatic carbocycles. The van der Waals surface area contributed by atoms with Crippen molar-refractivity contribution in [2.45, 2.75) is 33.0 Å². The van der Waals surface area contributed by atoms with Gasteiger partial charge in [-0.2, -0.15) is 0 Å². The highest BCUT2D eigenvalue weighted by molar-refractivity contribution is 5.86. The molecule has 0 fully saturated rings. The first-order chi connectivity index (χ1) is 12.0. The zero-order chi connectivity index (χ0) is 18.2. The maximum atomic E-state index is 12.4. The van der Waals surface area contributed by atoms with Crippen LogP contribution in [-0.4, -0.2) is 29.9 Å². The van der Waals surface area contributed by atoms with Crippen molar-refractivity contribution in [1.82, 2.24) is 10.2 Å². The smallest absolute Gasteiger partial charge is 0.242 e. The van der Waals surface area contributed by atoms with Gasteiger partial charge in [-0.05, 0) is 30.2 Å². The Bertz CT molecular complexity index is 699. The predicted octanol–water partition coefficient (Wildman–Crippen LogP) is 2.75. The molecule has 0 saturated heterocycles. The Hall–Kier alpha value is -2.82. The van der Waals surface area contributed by atoms with Crippen molar-refractivity contribution in [1.29, 1.82) is 0 Å². The topological polar surface area (TPSA) is 58.6 Å². The van der Waals surface area contributed by atoms with Crippen molar-refractivity contribution in [3.8, 4) is 5.75 Å².